The van der Waals surface area contributed by atoms with Crippen molar-refractivity contribution in [1.29, 1.82) is 0 Å². The lowest BCUT2D eigenvalue weighted by Gasteiger charge is -2.27. The zero-order valence-corrected chi connectivity index (χ0v) is 12.8. The van der Waals surface area contributed by atoms with E-state index in [2.05, 4.69) is 5.32 Å². The zero-order valence-electron chi connectivity index (χ0n) is 12.0. The Kier molecular flexibility index (Phi) is 6.45. The molecule has 1 aromatic rings. The third kappa shape index (κ3) is 6.36. The highest BCUT2D eigenvalue weighted by Crippen LogP contribution is 2.20. The maximum Gasteiger partial charge on any atom is 0.230 e. The summed E-state index contributed by atoms with van der Waals surface area (Å²) in [4.78, 5) is 14.0. The van der Waals surface area contributed by atoms with Crippen LogP contribution in [0.5, 0.6) is 0 Å². The van der Waals surface area contributed by atoms with Crippen LogP contribution in [0.3, 0.4) is 0 Å². The van der Waals surface area contributed by atoms with Gasteiger partial charge in [0.1, 0.15) is 5.82 Å². The molecular weight excluding hydrogens is 279 g/mol. The molecule has 0 radical (unpaired) electrons. The Morgan fingerprint density at radius 3 is 2.70 bits per heavy atom. The molecule has 1 aromatic carbocycles. The first-order chi connectivity index (χ1) is 9.30. The summed E-state index contributed by atoms with van der Waals surface area (Å²) in [5.74, 6) is -0.430. The molecule has 6 heteroatoms. The Morgan fingerprint density at radius 2 is 2.10 bits per heavy atom. The average molecular weight is 300 g/mol. The molecule has 1 atom stereocenters. The second kappa shape index (κ2) is 7.61. The molecular formula is C14H21FN2O2S. The first-order valence-corrected chi connectivity index (χ1v) is 7.30. The van der Waals surface area contributed by atoms with Crippen LogP contribution in [-0.4, -0.2) is 54.5 Å². The summed E-state index contributed by atoms with van der Waals surface area (Å²) >= 11 is 1.14. The van der Waals surface area contributed by atoms with E-state index in [1.165, 1.54) is 6.07 Å². The van der Waals surface area contributed by atoms with Gasteiger partial charge < -0.3 is 15.3 Å². The quantitative estimate of drug-likeness (QED) is 0.746. The predicted octanol–water partition coefficient (Wildman–Crippen LogP) is 1.35. The summed E-state index contributed by atoms with van der Waals surface area (Å²) in [5, 5.41) is 12.7. The van der Waals surface area contributed by atoms with Gasteiger partial charge in [-0.2, -0.15) is 0 Å². The molecule has 4 nitrogen and oxygen atoms in total. The largest absolute Gasteiger partial charge is 0.387 e. The second-order valence-electron chi connectivity index (χ2n) is 5.23. The number of nitrogens with one attached hydrogen (secondary N) is 1. The highest BCUT2D eigenvalue weighted by atomic mass is 32.2. The Balaban J connectivity index is 2.36. The van der Waals surface area contributed by atoms with E-state index in [0.717, 1.165) is 11.8 Å². The van der Waals surface area contributed by atoms with Crippen LogP contribution in [0.4, 0.5) is 4.39 Å². The van der Waals surface area contributed by atoms with Crippen molar-refractivity contribution >= 4 is 17.7 Å². The molecule has 0 aliphatic rings. The topological polar surface area (TPSA) is 52.6 Å². The van der Waals surface area contributed by atoms with Crippen molar-refractivity contribution < 1.29 is 14.3 Å². The van der Waals surface area contributed by atoms with Crippen molar-refractivity contribution in [2.45, 2.75) is 17.4 Å². The molecule has 0 fully saturated rings. The van der Waals surface area contributed by atoms with E-state index in [0.29, 0.717) is 11.4 Å². The normalized spacial score (nSPS) is 14.1. The van der Waals surface area contributed by atoms with Crippen molar-refractivity contribution in [1.82, 2.24) is 10.2 Å². The Hall–Kier alpha value is -1.11. The minimum absolute atomic E-state index is 0.124. The summed E-state index contributed by atoms with van der Waals surface area (Å²) in [6.07, 6.45) is 0. The Bertz CT molecular complexity index is 453. The van der Waals surface area contributed by atoms with Crippen LogP contribution in [0.1, 0.15) is 6.92 Å². The van der Waals surface area contributed by atoms with E-state index in [4.69, 9.17) is 0 Å². The number of hydrogen-bond donors (Lipinski definition) is 2. The maximum atomic E-state index is 13.4. The van der Waals surface area contributed by atoms with E-state index in [9.17, 15) is 14.3 Å². The number of benzene rings is 1. The monoisotopic (exact) mass is 300 g/mol. The van der Waals surface area contributed by atoms with E-state index < -0.39 is 5.60 Å². The molecule has 20 heavy (non-hydrogen) atoms. The van der Waals surface area contributed by atoms with Crippen molar-refractivity contribution in [3.63, 3.8) is 0 Å². The van der Waals surface area contributed by atoms with Crippen LogP contribution in [0.25, 0.3) is 0 Å². The van der Waals surface area contributed by atoms with Crippen molar-refractivity contribution in [2.24, 2.45) is 0 Å². The minimum atomic E-state index is -0.984. The molecule has 0 aliphatic heterocycles. The lowest BCUT2D eigenvalue weighted by molar-refractivity contribution is -0.119. The number of carbonyl (C=O) groups is 1. The number of halogens is 1. The number of nitrogens with zero attached hydrogens (tertiary/aromatic N) is 1. The van der Waals surface area contributed by atoms with Crippen LogP contribution in [0, 0.1) is 5.82 Å². The summed E-state index contributed by atoms with van der Waals surface area (Å²) in [5.41, 5.74) is -0.984. The molecule has 1 rings (SSSR count). The maximum absolute atomic E-state index is 13.4. The molecule has 1 amide bonds. The molecule has 0 aliphatic carbocycles. The molecule has 0 heterocycles. The molecule has 1 unspecified atom stereocenters. The fourth-order valence-electron chi connectivity index (χ4n) is 1.78. The van der Waals surface area contributed by atoms with Crippen molar-refractivity contribution in [3.05, 3.63) is 30.1 Å². The number of hydrogen-bond acceptors (Lipinski definition) is 4. The number of aliphatic hydroxyl groups is 1. The van der Waals surface area contributed by atoms with Gasteiger partial charge in [0, 0.05) is 18.0 Å². The summed E-state index contributed by atoms with van der Waals surface area (Å²) in [6, 6.07) is 6.33. The van der Waals surface area contributed by atoms with Gasteiger partial charge in [-0.05, 0) is 33.2 Å². The molecule has 0 saturated heterocycles. The molecule has 0 spiro atoms. The van der Waals surface area contributed by atoms with Crippen LogP contribution in [-0.2, 0) is 4.79 Å². The Labute approximate surface area is 123 Å². The smallest absolute Gasteiger partial charge is 0.230 e. The van der Waals surface area contributed by atoms with E-state index >= 15 is 0 Å². The van der Waals surface area contributed by atoms with Gasteiger partial charge in [-0.3, -0.25) is 4.79 Å². The lowest BCUT2D eigenvalue weighted by Crippen LogP contribution is -2.47. The predicted molar refractivity (Wildman–Crippen MR) is 79.3 cm³/mol. The third-order valence-electron chi connectivity index (χ3n) is 2.52. The van der Waals surface area contributed by atoms with Crippen LogP contribution < -0.4 is 5.32 Å². The number of amides is 1. The van der Waals surface area contributed by atoms with Crippen LogP contribution >= 0.6 is 11.8 Å². The lowest BCUT2D eigenvalue weighted by atomic mass is 10.1. The van der Waals surface area contributed by atoms with Gasteiger partial charge in [0.2, 0.25) is 5.91 Å². The molecule has 2 N–H and O–H groups in total. The highest BCUT2D eigenvalue weighted by Gasteiger charge is 2.22. The van der Waals surface area contributed by atoms with Gasteiger partial charge in [0.25, 0.3) is 0 Å². The molecule has 112 valence electrons. The van der Waals surface area contributed by atoms with Crippen LogP contribution in [0.15, 0.2) is 29.2 Å². The molecule has 0 saturated carbocycles. The summed E-state index contributed by atoms with van der Waals surface area (Å²) in [7, 11) is 3.70. The third-order valence-corrected chi connectivity index (χ3v) is 3.57. The first-order valence-electron chi connectivity index (χ1n) is 6.31. The highest BCUT2D eigenvalue weighted by molar-refractivity contribution is 8.00. The zero-order chi connectivity index (χ0) is 15.2. The van der Waals surface area contributed by atoms with E-state index in [-0.39, 0.29) is 24.0 Å². The van der Waals surface area contributed by atoms with Gasteiger partial charge in [-0.15, -0.1) is 11.8 Å². The Morgan fingerprint density at radius 1 is 1.45 bits per heavy atom. The standard InChI is InChI=1S/C14H21FN2O2S/c1-14(19,10-17(2)3)9-16-13(18)8-20-12-7-5-4-6-11(12)15/h4-7,19H,8-10H2,1-3H3,(H,16,18). The number of thioether (sulfide) groups is 1. The summed E-state index contributed by atoms with van der Waals surface area (Å²) < 4.78 is 13.4. The van der Waals surface area contributed by atoms with Crippen molar-refractivity contribution in [3.8, 4) is 0 Å². The SMILES string of the molecule is CN(C)CC(C)(O)CNC(=O)CSc1ccccc1F. The fourth-order valence-corrected chi connectivity index (χ4v) is 2.55. The van der Waals surface area contributed by atoms with Gasteiger partial charge in [0.15, 0.2) is 0 Å². The minimum Gasteiger partial charge on any atom is -0.387 e. The van der Waals surface area contributed by atoms with Gasteiger partial charge in [0.05, 0.1) is 11.4 Å². The average Bonchev–Trinajstić information content (AvgIpc) is 2.34. The van der Waals surface area contributed by atoms with E-state index in [1.54, 1.807) is 25.1 Å². The molecule has 0 aromatic heterocycles. The number of likely N-dealkylation sites (N-methyl/N-ethyl adjacent to an activating group) is 1. The summed E-state index contributed by atoms with van der Waals surface area (Å²) in [6.45, 7) is 2.28. The van der Waals surface area contributed by atoms with Gasteiger partial charge >= 0.3 is 0 Å². The number of rotatable bonds is 7. The van der Waals surface area contributed by atoms with Gasteiger partial charge in [-0.1, -0.05) is 12.1 Å². The number of carbonyl (C=O) groups excluding carboxylic acids is 1. The second-order valence-corrected chi connectivity index (χ2v) is 6.25. The van der Waals surface area contributed by atoms with Crippen molar-refractivity contribution in [2.75, 3.05) is 32.9 Å². The fraction of sp³-hybridized carbons (Fsp3) is 0.500. The van der Waals surface area contributed by atoms with Crippen LogP contribution in [0.2, 0.25) is 0 Å². The molecule has 0 bridgehead atoms. The first kappa shape index (κ1) is 16.9. The van der Waals surface area contributed by atoms with Gasteiger partial charge in [-0.25, -0.2) is 4.39 Å². The van der Waals surface area contributed by atoms with E-state index in [1.807, 2.05) is 19.0 Å².